The zero-order valence-electron chi connectivity index (χ0n) is 16.4. The van der Waals surface area contributed by atoms with Crippen LogP contribution in [0.5, 0.6) is 11.5 Å². The molecule has 0 aliphatic carbocycles. The molecule has 0 radical (unpaired) electrons. The number of ether oxygens (including phenoxy) is 1. The highest BCUT2D eigenvalue weighted by molar-refractivity contribution is 6.33. The number of amides is 2. The Bertz CT molecular complexity index is 1140. The monoisotopic (exact) mass is 439 g/mol. The van der Waals surface area contributed by atoms with E-state index in [2.05, 4.69) is 10.6 Å². The van der Waals surface area contributed by atoms with Crippen molar-refractivity contribution in [1.29, 1.82) is 0 Å². The van der Waals surface area contributed by atoms with E-state index in [1.165, 1.54) is 12.1 Å². The Morgan fingerprint density at radius 1 is 1.06 bits per heavy atom. The molecular formula is C22H18ClN3O5. The van der Waals surface area contributed by atoms with E-state index in [0.717, 1.165) is 11.6 Å². The maximum Gasteiger partial charge on any atom is 0.270 e. The van der Waals surface area contributed by atoms with E-state index in [0.29, 0.717) is 16.5 Å². The van der Waals surface area contributed by atoms with Gasteiger partial charge in [0, 0.05) is 12.1 Å². The topological polar surface area (TPSA) is 111 Å². The minimum atomic E-state index is -0.695. The van der Waals surface area contributed by atoms with E-state index >= 15 is 0 Å². The van der Waals surface area contributed by atoms with Crippen molar-refractivity contribution in [3.63, 3.8) is 0 Å². The number of non-ortho nitro benzene ring substituents is 1. The lowest BCUT2D eigenvalue weighted by Crippen LogP contribution is -2.33. The lowest BCUT2D eigenvalue weighted by molar-refractivity contribution is -0.384. The number of hydrogen-bond donors (Lipinski definition) is 2. The van der Waals surface area contributed by atoms with Crippen LogP contribution in [0.4, 0.5) is 11.4 Å². The summed E-state index contributed by atoms with van der Waals surface area (Å²) in [5.74, 6) is -0.622. The summed E-state index contributed by atoms with van der Waals surface area (Å²) in [5.41, 5.74) is 1.00. The highest BCUT2D eigenvalue weighted by atomic mass is 35.5. The summed E-state index contributed by atoms with van der Waals surface area (Å²) in [7, 11) is 0. The van der Waals surface area contributed by atoms with E-state index in [9.17, 15) is 19.7 Å². The van der Waals surface area contributed by atoms with E-state index in [-0.39, 0.29) is 23.5 Å². The second-order valence-electron chi connectivity index (χ2n) is 6.57. The number of nitro groups is 1. The molecule has 3 aromatic rings. The molecule has 0 saturated carbocycles. The number of carbonyl (C=O) groups is 2. The fraction of sp³-hybridized carbons (Fsp3) is 0.0909. The first-order valence-electron chi connectivity index (χ1n) is 9.19. The third-order valence-electron chi connectivity index (χ3n) is 4.20. The number of benzene rings is 3. The predicted octanol–water partition coefficient (Wildman–Crippen LogP) is 4.72. The molecule has 0 aliphatic rings. The van der Waals surface area contributed by atoms with Crippen LogP contribution in [0, 0.1) is 17.0 Å². The highest BCUT2D eigenvalue weighted by Crippen LogP contribution is 2.29. The molecule has 9 heteroatoms. The molecule has 0 fully saturated rings. The van der Waals surface area contributed by atoms with Crippen molar-refractivity contribution in [3.8, 4) is 11.5 Å². The van der Waals surface area contributed by atoms with Gasteiger partial charge in [-0.2, -0.15) is 0 Å². The van der Waals surface area contributed by atoms with Crippen molar-refractivity contribution in [2.24, 2.45) is 0 Å². The van der Waals surface area contributed by atoms with Gasteiger partial charge in [-0.1, -0.05) is 35.9 Å². The number of anilines is 1. The summed E-state index contributed by atoms with van der Waals surface area (Å²) in [4.78, 5) is 35.4. The van der Waals surface area contributed by atoms with Crippen molar-refractivity contribution < 1.29 is 19.2 Å². The number of rotatable bonds is 7. The Kier molecular flexibility index (Phi) is 6.84. The smallest absolute Gasteiger partial charge is 0.270 e. The Balaban J connectivity index is 1.73. The third kappa shape index (κ3) is 5.80. The van der Waals surface area contributed by atoms with Crippen molar-refractivity contribution >= 4 is 34.8 Å². The maximum atomic E-state index is 12.7. The van der Waals surface area contributed by atoms with Gasteiger partial charge >= 0.3 is 0 Å². The normalized spacial score (nSPS) is 10.3. The lowest BCUT2D eigenvalue weighted by atomic mass is 10.1. The van der Waals surface area contributed by atoms with Crippen LogP contribution in [0.15, 0.2) is 66.7 Å². The minimum absolute atomic E-state index is 0.0702. The molecule has 3 aromatic carbocycles. The maximum absolute atomic E-state index is 12.7. The van der Waals surface area contributed by atoms with Gasteiger partial charge in [-0.15, -0.1) is 0 Å². The summed E-state index contributed by atoms with van der Waals surface area (Å²) in [6, 6.07) is 17.5. The standard InChI is InChI=1S/C22H18ClN3O5/c1-14-7-9-19(18(23)11-14)25-21(27)13-24-22(28)17-12-15(26(29)30)8-10-20(17)31-16-5-3-2-4-6-16/h2-12H,13H2,1H3,(H,24,28)(H,25,27). The molecule has 158 valence electrons. The van der Waals surface area contributed by atoms with Crippen LogP contribution in [0.3, 0.4) is 0 Å². The average Bonchev–Trinajstić information content (AvgIpc) is 2.75. The summed E-state index contributed by atoms with van der Waals surface area (Å²) in [5, 5.41) is 16.5. The van der Waals surface area contributed by atoms with Crippen LogP contribution < -0.4 is 15.4 Å². The molecule has 2 N–H and O–H groups in total. The van der Waals surface area contributed by atoms with Crippen LogP contribution >= 0.6 is 11.6 Å². The van der Waals surface area contributed by atoms with Gasteiger partial charge in [-0.3, -0.25) is 19.7 Å². The number of aryl methyl sites for hydroxylation is 1. The molecule has 0 saturated heterocycles. The van der Waals surface area contributed by atoms with Gasteiger partial charge in [0.2, 0.25) is 5.91 Å². The van der Waals surface area contributed by atoms with E-state index in [1.54, 1.807) is 48.5 Å². The third-order valence-corrected chi connectivity index (χ3v) is 4.51. The van der Waals surface area contributed by atoms with Gasteiger partial charge in [0.05, 0.1) is 27.7 Å². The second kappa shape index (κ2) is 9.73. The van der Waals surface area contributed by atoms with Crippen LogP contribution in [0.2, 0.25) is 5.02 Å². The average molecular weight is 440 g/mol. The van der Waals surface area contributed by atoms with Gasteiger partial charge in [-0.05, 0) is 42.8 Å². The second-order valence-corrected chi connectivity index (χ2v) is 6.97. The van der Waals surface area contributed by atoms with E-state index < -0.39 is 16.7 Å². The molecule has 0 aromatic heterocycles. The molecule has 0 bridgehead atoms. The lowest BCUT2D eigenvalue weighted by Gasteiger charge is -2.12. The van der Waals surface area contributed by atoms with Crippen LogP contribution in [-0.4, -0.2) is 23.3 Å². The van der Waals surface area contributed by atoms with Crippen LogP contribution in [-0.2, 0) is 4.79 Å². The molecule has 0 atom stereocenters. The zero-order chi connectivity index (χ0) is 22.4. The van der Waals surface area contributed by atoms with Gasteiger partial charge in [0.25, 0.3) is 11.6 Å². The molecule has 0 aliphatic heterocycles. The first-order valence-corrected chi connectivity index (χ1v) is 9.57. The first kappa shape index (κ1) is 21.8. The molecule has 0 unspecified atom stereocenters. The number of halogens is 1. The highest BCUT2D eigenvalue weighted by Gasteiger charge is 2.19. The summed E-state index contributed by atoms with van der Waals surface area (Å²) < 4.78 is 5.69. The molecule has 0 heterocycles. The van der Waals surface area contributed by atoms with Crippen LogP contribution in [0.1, 0.15) is 15.9 Å². The van der Waals surface area contributed by atoms with E-state index in [4.69, 9.17) is 16.3 Å². The molecular weight excluding hydrogens is 422 g/mol. The van der Waals surface area contributed by atoms with Crippen LogP contribution in [0.25, 0.3) is 0 Å². The number of nitro benzene ring substituents is 1. The summed E-state index contributed by atoms with van der Waals surface area (Å²) in [6.07, 6.45) is 0. The molecule has 8 nitrogen and oxygen atoms in total. The fourth-order valence-electron chi connectivity index (χ4n) is 2.69. The number of para-hydroxylation sites is 1. The number of nitrogens with one attached hydrogen (secondary N) is 2. The Morgan fingerprint density at radius 2 is 1.81 bits per heavy atom. The van der Waals surface area contributed by atoms with Crippen molar-refractivity contribution in [3.05, 3.63) is 93.0 Å². The first-order chi connectivity index (χ1) is 14.8. The van der Waals surface area contributed by atoms with Gasteiger partial charge < -0.3 is 15.4 Å². The Labute approximate surface area is 182 Å². The SMILES string of the molecule is Cc1ccc(NC(=O)CNC(=O)c2cc([N+](=O)[O-])ccc2Oc2ccccc2)c(Cl)c1. The number of hydrogen-bond acceptors (Lipinski definition) is 5. The molecule has 2 amide bonds. The van der Waals surface area contributed by atoms with Crippen molar-refractivity contribution in [1.82, 2.24) is 5.32 Å². The van der Waals surface area contributed by atoms with Gasteiger partial charge in [-0.25, -0.2) is 0 Å². The predicted molar refractivity (Wildman–Crippen MR) is 117 cm³/mol. The van der Waals surface area contributed by atoms with Gasteiger partial charge in [0.1, 0.15) is 11.5 Å². The largest absolute Gasteiger partial charge is 0.457 e. The van der Waals surface area contributed by atoms with E-state index in [1.807, 2.05) is 6.92 Å². The fourth-order valence-corrected chi connectivity index (χ4v) is 2.97. The molecule has 3 rings (SSSR count). The van der Waals surface area contributed by atoms with Crippen molar-refractivity contribution in [2.45, 2.75) is 6.92 Å². The Morgan fingerprint density at radius 3 is 2.48 bits per heavy atom. The summed E-state index contributed by atoms with van der Waals surface area (Å²) in [6.45, 7) is 1.50. The summed E-state index contributed by atoms with van der Waals surface area (Å²) >= 11 is 6.09. The van der Waals surface area contributed by atoms with Gasteiger partial charge in [0.15, 0.2) is 0 Å². The Hall–Kier alpha value is -3.91. The number of carbonyl (C=O) groups excluding carboxylic acids is 2. The van der Waals surface area contributed by atoms with Crippen molar-refractivity contribution in [2.75, 3.05) is 11.9 Å². The molecule has 31 heavy (non-hydrogen) atoms. The zero-order valence-corrected chi connectivity index (χ0v) is 17.2. The number of nitrogens with zero attached hydrogens (tertiary/aromatic N) is 1. The molecule has 0 spiro atoms. The minimum Gasteiger partial charge on any atom is -0.457 e. The quantitative estimate of drug-likeness (QED) is 0.409.